The minimum Gasteiger partial charge on any atom is -0.467 e. The van der Waals surface area contributed by atoms with Gasteiger partial charge in [0.25, 0.3) is 0 Å². The zero-order valence-corrected chi connectivity index (χ0v) is 15.4. The number of anilines is 1. The Bertz CT molecular complexity index is 790. The van der Waals surface area contributed by atoms with Crippen LogP contribution < -0.4 is 5.32 Å². The quantitative estimate of drug-likeness (QED) is 0.577. The molecule has 3 aromatic rings. The smallest absolute Gasteiger partial charge is 0.174 e. The van der Waals surface area contributed by atoms with Gasteiger partial charge in [-0.2, -0.15) is 0 Å². The predicted octanol–water partition coefficient (Wildman–Crippen LogP) is 5.44. The van der Waals surface area contributed by atoms with Gasteiger partial charge in [0, 0.05) is 16.7 Å². The van der Waals surface area contributed by atoms with Crippen LogP contribution in [0.3, 0.4) is 0 Å². The molecule has 2 aromatic carbocycles. The Balaban J connectivity index is 1.76. The number of thiocarbonyl (C=S) groups is 1. The zero-order chi connectivity index (χ0) is 16.8. The van der Waals surface area contributed by atoms with E-state index in [4.69, 9.17) is 16.6 Å². The van der Waals surface area contributed by atoms with E-state index in [-0.39, 0.29) is 0 Å². The van der Waals surface area contributed by atoms with E-state index in [9.17, 15) is 0 Å². The van der Waals surface area contributed by atoms with Crippen LogP contribution in [-0.4, -0.2) is 10.0 Å². The van der Waals surface area contributed by atoms with Gasteiger partial charge >= 0.3 is 0 Å². The van der Waals surface area contributed by atoms with Crippen LogP contribution in [0.25, 0.3) is 0 Å². The van der Waals surface area contributed by atoms with Gasteiger partial charge in [0.15, 0.2) is 5.11 Å². The number of furan rings is 1. The van der Waals surface area contributed by atoms with Crippen LogP contribution >= 0.6 is 28.1 Å². The Morgan fingerprint density at radius 1 is 1.00 bits per heavy atom. The van der Waals surface area contributed by atoms with E-state index < -0.39 is 0 Å². The maximum atomic E-state index is 5.63. The van der Waals surface area contributed by atoms with Crippen molar-refractivity contribution in [3.8, 4) is 0 Å². The Morgan fingerprint density at radius 2 is 1.83 bits per heavy atom. The highest BCUT2D eigenvalue weighted by Gasteiger charge is 2.13. The second-order valence-corrected chi connectivity index (χ2v) is 6.66. The molecule has 0 fully saturated rings. The lowest BCUT2D eigenvalue weighted by molar-refractivity contribution is 0.360. The Hall–Kier alpha value is -2.11. The molecule has 0 aliphatic rings. The van der Waals surface area contributed by atoms with Gasteiger partial charge in [-0.1, -0.05) is 52.3 Å². The highest BCUT2D eigenvalue weighted by molar-refractivity contribution is 9.10. The minimum atomic E-state index is 0.613. The topological polar surface area (TPSA) is 28.4 Å². The molecular weight excluding hydrogens is 384 g/mol. The molecule has 1 N–H and O–H groups in total. The third kappa shape index (κ3) is 4.69. The fraction of sp³-hybridized carbons (Fsp3) is 0.105. The van der Waals surface area contributed by atoms with E-state index in [1.807, 2.05) is 54.6 Å². The van der Waals surface area contributed by atoms with E-state index in [1.54, 1.807) is 6.26 Å². The molecule has 122 valence electrons. The summed E-state index contributed by atoms with van der Waals surface area (Å²) in [6.45, 7) is 1.32. The van der Waals surface area contributed by atoms with Crippen molar-refractivity contribution >= 4 is 38.9 Å². The number of benzene rings is 2. The zero-order valence-electron chi connectivity index (χ0n) is 13.0. The van der Waals surface area contributed by atoms with E-state index in [2.05, 4.69) is 38.3 Å². The molecule has 0 radical (unpaired) electrons. The molecular formula is C19H17BrN2OS. The first-order chi connectivity index (χ1) is 11.7. The second-order valence-electron chi connectivity index (χ2n) is 5.36. The van der Waals surface area contributed by atoms with E-state index in [0.29, 0.717) is 18.2 Å². The molecule has 0 spiro atoms. The Morgan fingerprint density at radius 3 is 2.54 bits per heavy atom. The van der Waals surface area contributed by atoms with Gasteiger partial charge in [0.05, 0.1) is 12.8 Å². The average Bonchev–Trinajstić information content (AvgIpc) is 3.08. The molecule has 0 amide bonds. The van der Waals surface area contributed by atoms with Gasteiger partial charge in [-0.05, 0) is 48.1 Å². The maximum absolute atomic E-state index is 5.63. The minimum absolute atomic E-state index is 0.613. The monoisotopic (exact) mass is 400 g/mol. The van der Waals surface area contributed by atoms with Gasteiger partial charge in [-0.15, -0.1) is 0 Å². The van der Waals surface area contributed by atoms with Crippen molar-refractivity contribution in [2.24, 2.45) is 0 Å². The van der Waals surface area contributed by atoms with Crippen LogP contribution in [0.2, 0.25) is 0 Å². The summed E-state index contributed by atoms with van der Waals surface area (Å²) in [5, 5.41) is 3.96. The SMILES string of the molecule is S=C(Nc1cccc(Br)c1)N(Cc1ccccc1)Cc1ccco1. The summed E-state index contributed by atoms with van der Waals surface area (Å²) in [5.41, 5.74) is 2.15. The molecule has 5 heteroatoms. The summed E-state index contributed by atoms with van der Waals surface area (Å²) >= 11 is 9.11. The van der Waals surface area contributed by atoms with Crippen LogP contribution in [-0.2, 0) is 13.1 Å². The number of nitrogens with one attached hydrogen (secondary N) is 1. The van der Waals surface area contributed by atoms with E-state index in [1.165, 1.54) is 5.56 Å². The van der Waals surface area contributed by atoms with Crippen molar-refractivity contribution in [2.45, 2.75) is 13.1 Å². The molecule has 3 nitrogen and oxygen atoms in total. The van der Waals surface area contributed by atoms with Crippen LogP contribution in [0.4, 0.5) is 5.69 Å². The molecule has 0 aliphatic heterocycles. The molecule has 0 saturated carbocycles. The molecule has 0 saturated heterocycles. The Kier molecular flexibility index (Phi) is 5.67. The largest absolute Gasteiger partial charge is 0.467 e. The number of rotatable bonds is 5. The normalized spacial score (nSPS) is 10.4. The predicted molar refractivity (Wildman–Crippen MR) is 105 cm³/mol. The first-order valence-corrected chi connectivity index (χ1v) is 8.78. The fourth-order valence-corrected chi connectivity index (χ4v) is 3.01. The lowest BCUT2D eigenvalue weighted by Crippen LogP contribution is -2.33. The molecule has 1 heterocycles. The standard InChI is InChI=1S/C19H17BrN2OS/c20-16-8-4-9-17(12-16)21-19(24)22(14-18-10-5-11-23-18)13-15-6-2-1-3-7-15/h1-12H,13-14H2,(H,21,24). The lowest BCUT2D eigenvalue weighted by atomic mass is 10.2. The van der Waals surface area contributed by atoms with Crippen molar-refractivity contribution in [1.29, 1.82) is 0 Å². The molecule has 0 aliphatic carbocycles. The second kappa shape index (κ2) is 8.13. The molecule has 1 aromatic heterocycles. The van der Waals surface area contributed by atoms with Crippen LogP contribution in [0, 0.1) is 0 Å². The first-order valence-electron chi connectivity index (χ1n) is 7.58. The number of hydrogen-bond donors (Lipinski definition) is 1. The third-order valence-electron chi connectivity index (χ3n) is 3.51. The van der Waals surface area contributed by atoms with Gasteiger partial charge in [0.2, 0.25) is 0 Å². The van der Waals surface area contributed by atoms with E-state index >= 15 is 0 Å². The maximum Gasteiger partial charge on any atom is 0.174 e. The van der Waals surface area contributed by atoms with Gasteiger partial charge < -0.3 is 14.6 Å². The summed E-state index contributed by atoms with van der Waals surface area (Å²) in [6.07, 6.45) is 1.68. The van der Waals surface area contributed by atoms with Crippen molar-refractivity contribution in [1.82, 2.24) is 4.90 Å². The molecule has 24 heavy (non-hydrogen) atoms. The first kappa shape index (κ1) is 16.7. The summed E-state index contributed by atoms with van der Waals surface area (Å²) in [4.78, 5) is 2.09. The van der Waals surface area contributed by atoms with Crippen LogP contribution in [0.1, 0.15) is 11.3 Å². The van der Waals surface area contributed by atoms with Crippen molar-refractivity contribution < 1.29 is 4.42 Å². The highest BCUT2D eigenvalue weighted by atomic mass is 79.9. The number of halogens is 1. The van der Waals surface area contributed by atoms with Crippen LogP contribution in [0.15, 0.2) is 81.9 Å². The molecule has 3 rings (SSSR count). The van der Waals surface area contributed by atoms with Crippen molar-refractivity contribution in [2.75, 3.05) is 5.32 Å². The number of nitrogens with zero attached hydrogens (tertiary/aromatic N) is 1. The van der Waals surface area contributed by atoms with Gasteiger partial charge in [0.1, 0.15) is 5.76 Å². The van der Waals surface area contributed by atoms with E-state index in [0.717, 1.165) is 15.9 Å². The van der Waals surface area contributed by atoms with Crippen molar-refractivity contribution in [3.63, 3.8) is 0 Å². The summed E-state index contributed by atoms with van der Waals surface area (Å²) < 4.78 is 6.49. The van der Waals surface area contributed by atoms with Crippen LogP contribution in [0.5, 0.6) is 0 Å². The summed E-state index contributed by atoms with van der Waals surface area (Å²) in [5.74, 6) is 0.879. The van der Waals surface area contributed by atoms with Gasteiger partial charge in [-0.3, -0.25) is 0 Å². The summed E-state index contributed by atoms with van der Waals surface area (Å²) in [6, 6.07) is 22.1. The van der Waals surface area contributed by atoms with Gasteiger partial charge in [-0.25, -0.2) is 0 Å². The lowest BCUT2D eigenvalue weighted by Gasteiger charge is -2.25. The molecule has 0 bridgehead atoms. The number of hydrogen-bond acceptors (Lipinski definition) is 2. The average molecular weight is 401 g/mol. The van der Waals surface area contributed by atoms with Crippen molar-refractivity contribution in [3.05, 3.63) is 88.8 Å². The fourth-order valence-electron chi connectivity index (χ4n) is 2.36. The third-order valence-corrected chi connectivity index (χ3v) is 4.36. The highest BCUT2D eigenvalue weighted by Crippen LogP contribution is 2.18. The Labute approximate surface area is 155 Å². The molecule has 0 atom stereocenters. The molecule has 0 unspecified atom stereocenters. The summed E-state index contributed by atoms with van der Waals surface area (Å²) in [7, 11) is 0.